The average Bonchev–Trinajstić information content (AvgIpc) is 2.75. The van der Waals surface area contributed by atoms with Gasteiger partial charge in [0.25, 0.3) is 0 Å². The van der Waals surface area contributed by atoms with Crippen molar-refractivity contribution in [1.29, 1.82) is 0 Å². The van der Waals surface area contributed by atoms with E-state index >= 15 is 0 Å². The van der Waals surface area contributed by atoms with E-state index in [1.165, 1.54) is 45.2 Å². The summed E-state index contributed by atoms with van der Waals surface area (Å²) in [5, 5.41) is 0. The van der Waals surface area contributed by atoms with Crippen LogP contribution >= 0.6 is 0 Å². The monoisotopic (exact) mass is 210 g/mol. The Hall–Kier alpha value is -0.0800. The van der Waals surface area contributed by atoms with Crippen molar-refractivity contribution >= 4 is 0 Å². The summed E-state index contributed by atoms with van der Waals surface area (Å²) in [6, 6.07) is 2.62. The third-order valence-electron chi connectivity index (χ3n) is 4.27. The number of fused-ring (bicyclic) bond motifs is 2. The van der Waals surface area contributed by atoms with Gasteiger partial charge in [-0.3, -0.25) is 4.90 Å². The van der Waals surface area contributed by atoms with E-state index in [0.717, 1.165) is 18.1 Å². The Bertz CT molecular complexity index is 197. The molecule has 2 fully saturated rings. The Morgan fingerprint density at radius 2 is 1.73 bits per heavy atom. The normalized spacial score (nSPS) is 32.0. The molecule has 2 heterocycles. The highest BCUT2D eigenvalue weighted by Gasteiger charge is 2.43. The van der Waals surface area contributed by atoms with Crippen LogP contribution in [0.15, 0.2) is 0 Å². The maximum atomic E-state index is 2.82. The van der Waals surface area contributed by atoms with Crippen LogP contribution in [0, 0.1) is 0 Å². The molecule has 0 aromatic rings. The Morgan fingerprint density at radius 3 is 2.13 bits per heavy atom. The van der Waals surface area contributed by atoms with Crippen molar-refractivity contribution in [2.24, 2.45) is 0 Å². The quantitative estimate of drug-likeness (QED) is 0.687. The molecule has 2 rings (SSSR count). The van der Waals surface area contributed by atoms with Crippen LogP contribution in [0.3, 0.4) is 0 Å². The molecule has 2 atom stereocenters. The Labute approximate surface area is 94.6 Å². The summed E-state index contributed by atoms with van der Waals surface area (Å²) in [5.74, 6) is 0. The predicted octanol–water partition coefficient (Wildman–Crippen LogP) is 2.34. The van der Waals surface area contributed by atoms with E-state index in [-0.39, 0.29) is 0 Å². The molecule has 0 aliphatic carbocycles. The molecule has 88 valence electrons. The van der Waals surface area contributed by atoms with Gasteiger partial charge in [-0.05, 0) is 26.3 Å². The summed E-state index contributed by atoms with van der Waals surface area (Å²) in [5.41, 5.74) is 0. The van der Waals surface area contributed by atoms with Crippen LogP contribution in [0.4, 0.5) is 0 Å². The van der Waals surface area contributed by atoms with E-state index < -0.39 is 0 Å². The molecule has 2 unspecified atom stereocenters. The van der Waals surface area contributed by atoms with Crippen LogP contribution < -0.4 is 0 Å². The lowest BCUT2D eigenvalue weighted by Crippen LogP contribution is -2.49. The smallest absolute Gasteiger partial charge is 0.0242 e. The van der Waals surface area contributed by atoms with Crippen molar-refractivity contribution < 1.29 is 0 Å². The number of hydrogen-bond donors (Lipinski definition) is 0. The lowest BCUT2D eigenvalue weighted by molar-refractivity contribution is 0.0959. The summed E-state index contributed by atoms with van der Waals surface area (Å²) in [7, 11) is 2.29. The molecule has 15 heavy (non-hydrogen) atoms. The van der Waals surface area contributed by atoms with Gasteiger partial charge in [-0.25, -0.2) is 0 Å². The molecule has 0 aromatic heterocycles. The zero-order chi connectivity index (χ0) is 10.8. The van der Waals surface area contributed by atoms with Crippen molar-refractivity contribution in [3.8, 4) is 0 Å². The Kier molecular flexibility index (Phi) is 3.68. The van der Waals surface area contributed by atoms with Crippen LogP contribution in [0.2, 0.25) is 0 Å². The Morgan fingerprint density at radius 1 is 1.07 bits per heavy atom. The van der Waals surface area contributed by atoms with Gasteiger partial charge >= 0.3 is 0 Å². The fraction of sp³-hybridized carbons (Fsp3) is 1.00. The van der Waals surface area contributed by atoms with Crippen molar-refractivity contribution in [3.63, 3.8) is 0 Å². The van der Waals surface area contributed by atoms with Gasteiger partial charge in [-0.1, -0.05) is 26.7 Å². The van der Waals surface area contributed by atoms with Gasteiger partial charge < -0.3 is 4.90 Å². The molecule has 2 heteroatoms. The van der Waals surface area contributed by atoms with E-state index in [0.29, 0.717) is 0 Å². The highest BCUT2D eigenvalue weighted by molar-refractivity contribution is 5.00. The second-order valence-electron chi connectivity index (χ2n) is 5.41. The molecule has 2 aliphatic heterocycles. The van der Waals surface area contributed by atoms with Gasteiger partial charge in [-0.2, -0.15) is 0 Å². The first kappa shape index (κ1) is 11.4. The van der Waals surface area contributed by atoms with Crippen molar-refractivity contribution in [3.05, 3.63) is 0 Å². The zero-order valence-electron chi connectivity index (χ0n) is 10.6. The van der Waals surface area contributed by atoms with Crippen molar-refractivity contribution in [2.75, 3.05) is 20.1 Å². The zero-order valence-corrected chi connectivity index (χ0v) is 10.6. The van der Waals surface area contributed by atoms with Gasteiger partial charge in [0.05, 0.1) is 0 Å². The Balaban J connectivity index is 1.92. The molecule has 0 radical (unpaired) electrons. The minimum Gasteiger partial charge on any atom is -0.301 e. The van der Waals surface area contributed by atoms with E-state index in [4.69, 9.17) is 0 Å². The maximum absolute atomic E-state index is 2.82. The van der Waals surface area contributed by atoms with Gasteiger partial charge in [0.15, 0.2) is 0 Å². The van der Waals surface area contributed by atoms with Crippen LogP contribution in [0.5, 0.6) is 0 Å². The number of likely N-dealkylation sites (tertiary alicyclic amines) is 2. The van der Waals surface area contributed by atoms with Crippen LogP contribution in [0.1, 0.15) is 46.0 Å². The number of hydrogen-bond acceptors (Lipinski definition) is 2. The summed E-state index contributed by atoms with van der Waals surface area (Å²) in [6.07, 6.45) is 6.92. The third-order valence-corrected chi connectivity index (χ3v) is 4.27. The van der Waals surface area contributed by atoms with Crippen molar-refractivity contribution in [1.82, 2.24) is 9.80 Å². The first-order valence-corrected chi connectivity index (χ1v) is 6.72. The van der Waals surface area contributed by atoms with Crippen LogP contribution in [-0.2, 0) is 0 Å². The summed E-state index contributed by atoms with van der Waals surface area (Å²) in [4.78, 5) is 5.37. The van der Waals surface area contributed by atoms with Crippen LogP contribution in [0.25, 0.3) is 0 Å². The van der Waals surface area contributed by atoms with E-state index in [9.17, 15) is 0 Å². The molecule has 0 spiro atoms. The predicted molar refractivity (Wildman–Crippen MR) is 65.1 cm³/mol. The molecular weight excluding hydrogens is 184 g/mol. The molecule has 2 bridgehead atoms. The second-order valence-corrected chi connectivity index (χ2v) is 5.41. The van der Waals surface area contributed by atoms with Gasteiger partial charge in [0.1, 0.15) is 0 Å². The fourth-order valence-corrected chi connectivity index (χ4v) is 3.49. The second kappa shape index (κ2) is 4.84. The molecule has 0 saturated carbocycles. The average molecular weight is 210 g/mol. The number of rotatable bonds is 5. The first-order chi connectivity index (χ1) is 7.26. The molecule has 2 nitrogen and oxygen atoms in total. The summed E-state index contributed by atoms with van der Waals surface area (Å²) >= 11 is 0. The standard InChI is InChI=1S/C13H26N2/c1-4-6-11(7-5-2)15-10-12-8-13(15)9-14(12)3/h11-13H,4-10H2,1-3H3. The highest BCUT2D eigenvalue weighted by atomic mass is 15.3. The number of piperazine rings is 1. The fourth-order valence-electron chi connectivity index (χ4n) is 3.49. The molecular formula is C13H26N2. The van der Waals surface area contributed by atoms with E-state index in [1.54, 1.807) is 0 Å². The van der Waals surface area contributed by atoms with Gasteiger partial charge in [0.2, 0.25) is 0 Å². The lowest BCUT2D eigenvalue weighted by Gasteiger charge is -2.37. The third kappa shape index (κ3) is 2.21. The minimum atomic E-state index is 0.867. The molecule has 0 aromatic carbocycles. The maximum Gasteiger partial charge on any atom is 0.0242 e. The summed E-state index contributed by atoms with van der Waals surface area (Å²) < 4.78 is 0. The van der Waals surface area contributed by atoms with Crippen LogP contribution in [-0.4, -0.2) is 48.1 Å². The molecule has 2 saturated heterocycles. The molecule has 2 aliphatic rings. The largest absolute Gasteiger partial charge is 0.301 e. The molecule has 0 N–H and O–H groups in total. The van der Waals surface area contributed by atoms with Crippen molar-refractivity contribution in [2.45, 2.75) is 64.1 Å². The topological polar surface area (TPSA) is 6.48 Å². The highest BCUT2D eigenvalue weighted by Crippen LogP contribution is 2.33. The minimum absolute atomic E-state index is 0.867. The SMILES string of the molecule is CCCC(CCC)N1CC2CC1CN2C. The van der Waals surface area contributed by atoms with E-state index in [2.05, 4.69) is 30.7 Å². The van der Waals surface area contributed by atoms with E-state index in [1.807, 2.05) is 0 Å². The lowest BCUT2D eigenvalue weighted by atomic mass is 10.0. The summed E-state index contributed by atoms with van der Waals surface area (Å²) in [6.45, 7) is 7.30. The van der Waals surface area contributed by atoms with Gasteiger partial charge in [0, 0.05) is 31.2 Å². The van der Waals surface area contributed by atoms with Gasteiger partial charge in [-0.15, -0.1) is 0 Å². The first-order valence-electron chi connectivity index (χ1n) is 6.72. The number of nitrogens with zero attached hydrogens (tertiary/aromatic N) is 2. The number of likely N-dealkylation sites (N-methyl/N-ethyl adjacent to an activating group) is 1. The molecule has 0 amide bonds.